The van der Waals surface area contributed by atoms with E-state index in [9.17, 15) is 19.8 Å². The third-order valence-electron chi connectivity index (χ3n) is 6.58. The van der Waals surface area contributed by atoms with Crippen LogP contribution in [-0.2, 0) is 9.59 Å². The van der Waals surface area contributed by atoms with E-state index in [4.69, 9.17) is 0 Å². The lowest BCUT2D eigenvalue weighted by Gasteiger charge is -2.66. The van der Waals surface area contributed by atoms with Gasteiger partial charge in [-0.1, -0.05) is 24.6 Å². The van der Waals surface area contributed by atoms with Crippen LogP contribution in [0.3, 0.4) is 0 Å². The number of carbonyl (C=O) groups is 2. The molecule has 4 nitrogen and oxygen atoms in total. The summed E-state index contributed by atoms with van der Waals surface area (Å²) >= 11 is 0. The van der Waals surface area contributed by atoms with Crippen LogP contribution in [0.1, 0.15) is 41.5 Å². The lowest BCUT2D eigenvalue weighted by atomic mass is 9.37. The molecule has 4 aliphatic rings. The molecular weight excluding hydrogens is 280 g/mol. The van der Waals surface area contributed by atoms with Crippen molar-refractivity contribution in [1.82, 2.24) is 0 Å². The molecular formula is C18H24O4. The van der Waals surface area contributed by atoms with Gasteiger partial charge < -0.3 is 10.2 Å². The van der Waals surface area contributed by atoms with E-state index in [-0.39, 0.29) is 11.6 Å². The first kappa shape index (κ1) is 15.6. The summed E-state index contributed by atoms with van der Waals surface area (Å²) in [6, 6.07) is 0. The van der Waals surface area contributed by atoms with Gasteiger partial charge in [-0.3, -0.25) is 9.59 Å². The van der Waals surface area contributed by atoms with Crippen LogP contribution in [0.4, 0.5) is 0 Å². The zero-order chi connectivity index (χ0) is 16.9. The molecule has 1 fully saturated rings. The van der Waals surface area contributed by atoms with Crippen molar-refractivity contribution in [1.29, 1.82) is 0 Å². The van der Waals surface area contributed by atoms with Gasteiger partial charge in [-0.2, -0.15) is 0 Å². The van der Waals surface area contributed by atoms with Crippen LogP contribution in [0.2, 0.25) is 0 Å². The number of Topliss-reactive ketones (excluding diaryl/α,β-unsaturated/α-hetero) is 2. The summed E-state index contributed by atoms with van der Waals surface area (Å²) in [5, 5.41) is 21.9. The minimum atomic E-state index is -1.60. The van der Waals surface area contributed by atoms with Gasteiger partial charge in [-0.05, 0) is 40.2 Å². The predicted octanol–water partition coefficient (Wildman–Crippen LogP) is 1.80. The molecule has 0 unspecified atom stereocenters. The largest absolute Gasteiger partial charge is 0.382 e. The van der Waals surface area contributed by atoms with E-state index in [2.05, 4.69) is 0 Å². The van der Waals surface area contributed by atoms with Crippen LogP contribution >= 0.6 is 0 Å². The maximum Gasteiger partial charge on any atom is 0.189 e. The molecule has 4 rings (SSSR count). The molecule has 0 spiro atoms. The fourth-order valence-electron chi connectivity index (χ4n) is 5.58. The standard InChI is InChI=1S/C18H24O4/c1-9-7-16(4)14(20)17(5,21)11(9)12-15(16,3)8-10(2)13(19)18(12,6)22/h7-8,11-12,21-22H,1-6H3/t11-,12-,15-,16+,17+,18-/m1/s1. The molecule has 4 heteroatoms. The number of hydrogen-bond acceptors (Lipinski definition) is 4. The highest BCUT2D eigenvalue weighted by Gasteiger charge is 2.73. The van der Waals surface area contributed by atoms with E-state index in [1.807, 2.05) is 32.9 Å². The van der Waals surface area contributed by atoms with Crippen LogP contribution < -0.4 is 0 Å². The SMILES string of the molecule is CC1=C[C@]2(C)[C@@H]([C@H]3C(C)=C[C@@]2(C)C(=O)[C@@]3(C)O)[C@@](C)(O)C1=O. The number of aliphatic hydroxyl groups is 2. The van der Waals surface area contributed by atoms with Crippen molar-refractivity contribution in [2.45, 2.75) is 52.7 Å². The number of rotatable bonds is 0. The zero-order valence-electron chi connectivity index (χ0n) is 14.0. The summed E-state index contributed by atoms with van der Waals surface area (Å²) in [7, 11) is 0. The van der Waals surface area contributed by atoms with Gasteiger partial charge in [0.1, 0.15) is 11.2 Å². The quantitative estimate of drug-likeness (QED) is 0.669. The second kappa shape index (κ2) is 3.80. The first-order valence-corrected chi connectivity index (χ1v) is 7.75. The Balaban J connectivity index is 2.41. The third-order valence-corrected chi connectivity index (χ3v) is 6.58. The number of fused-ring (bicyclic) bond motifs is 1. The maximum atomic E-state index is 12.9. The lowest BCUT2D eigenvalue weighted by molar-refractivity contribution is -0.203. The summed E-state index contributed by atoms with van der Waals surface area (Å²) in [5.74, 6) is -1.64. The van der Waals surface area contributed by atoms with Crippen LogP contribution in [0, 0.1) is 22.7 Å². The van der Waals surface area contributed by atoms with Crippen LogP contribution in [-0.4, -0.2) is 33.0 Å². The van der Waals surface area contributed by atoms with Crippen LogP contribution in [0.25, 0.3) is 0 Å². The topological polar surface area (TPSA) is 74.6 Å². The lowest BCUT2D eigenvalue weighted by Crippen LogP contribution is -2.74. The smallest absolute Gasteiger partial charge is 0.189 e. The fourth-order valence-corrected chi connectivity index (χ4v) is 5.58. The fraction of sp³-hybridized carbons (Fsp3) is 0.667. The molecule has 2 N–H and O–H groups in total. The highest BCUT2D eigenvalue weighted by atomic mass is 16.3. The number of hydrogen-bond donors (Lipinski definition) is 2. The number of carbonyl (C=O) groups excluding carboxylic acids is 2. The van der Waals surface area contributed by atoms with Gasteiger partial charge in [-0.15, -0.1) is 0 Å². The summed E-state index contributed by atoms with van der Waals surface area (Å²) in [6.07, 6.45) is 3.76. The monoisotopic (exact) mass is 304 g/mol. The highest BCUT2D eigenvalue weighted by molar-refractivity contribution is 6.05. The minimum absolute atomic E-state index is 0.233. The molecule has 0 amide bonds. The molecule has 4 aliphatic carbocycles. The summed E-state index contributed by atoms with van der Waals surface area (Å²) in [4.78, 5) is 25.5. The molecule has 120 valence electrons. The summed E-state index contributed by atoms with van der Waals surface area (Å²) in [5.41, 5.74) is -3.45. The normalized spacial score (nSPS) is 54.0. The Morgan fingerprint density at radius 3 is 2.05 bits per heavy atom. The second-order valence-electron chi connectivity index (χ2n) is 8.11. The number of ketones is 2. The van der Waals surface area contributed by atoms with E-state index in [1.54, 1.807) is 6.92 Å². The average molecular weight is 304 g/mol. The van der Waals surface area contributed by atoms with Gasteiger partial charge in [0.25, 0.3) is 0 Å². The number of allylic oxidation sites excluding steroid dienone is 2. The van der Waals surface area contributed by atoms with Gasteiger partial charge in [-0.25, -0.2) is 0 Å². The van der Waals surface area contributed by atoms with Gasteiger partial charge in [0.05, 0.1) is 5.41 Å². The van der Waals surface area contributed by atoms with Gasteiger partial charge in [0, 0.05) is 17.3 Å². The van der Waals surface area contributed by atoms with Crippen molar-refractivity contribution in [3.8, 4) is 0 Å². The zero-order valence-corrected chi connectivity index (χ0v) is 14.0. The van der Waals surface area contributed by atoms with Gasteiger partial charge in [0.15, 0.2) is 11.6 Å². The molecule has 0 saturated heterocycles. The van der Waals surface area contributed by atoms with Crippen LogP contribution in [0.15, 0.2) is 23.3 Å². The van der Waals surface area contributed by atoms with E-state index in [0.717, 1.165) is 5.57 Å². The second-order valence-corrected chi connectivity index (χ2v) is 8.11. The molecule has 0 aliphatic heterocycles. The van der Waals surface area contributed by atoms with E-state index < -0.39 is 33.9 Å². The first-order chi connectivity index (χ1) is 9.82. The Labute approximate surface area is 130 Å². The van der Waals surface area contributed by atoms with Crippen LogP contribution in [0.5, 0.6) is 0 Å². The van der Waals surface area contributed by atoms with E-state index >= 15 is 0 Å². The van der Waals surface area contributed by atoms with Crippen molar-refractivity contribution in [2.24, 2.45) is 22.7 Å². The van der Waals surface area contributed by atoms with E-state index in [0.29, 0.717) is 5.57 Å². The molecule has 22 heavy (non-hydrogen) atoms. The summed E-state index contributed by atoms with van der Waals surface area (Å²) in [6.45, 7) is 10.3. The molecule has 0 aromatic heterocycles. The third kappa shape index (κ3) is 1.36. The Hall–Kier alpha value is -1.26. The van der Waals surface area contributed by atoms with E-state index in [1.165, 1.54) is 13.8 Å². The Morgan fingerprint density at radius 1 is 0.955 bits per heavy atom. The molecule has 1 saturated carbocycles. The Morgan fingerprint density at radius 2 is 1.50 bits per heavy atom. The molecule has 0 radical (unpaired) electrons. The van der Waals surface area contributed by atoms with Gasteiger partial charge >= 0.3 is 0 Å². The van der Waals surface area contributed by atoms with Gasteiger partial charge in [0.2, 0.25) is 0 Å². The highest BCUT2D eigenvalue weighted by Crippen LogP contribution is 2.67. The minimum Gasteiger partial charge on any atom is -0.382 e. The Bertz CT molecular complexity index is 667. The molecule has 0 aromatic carbocycles. The maximum absolute atomic E-state index is 12.9. The van der Waals surface area contributed by atoms with Crippen molar-refractivity contribution in [2.75, 3.05) is 0 Å². The van der Waals surface area contributed by atoms with Crippen molar-refractivity contribution < 1.29 is 19.8 Å². The van der Waals surface area contributed by atoms with Crippen molar-refractivity contribution >= 4 is 11.6 Å². The molecule has 0 aromatic rings. The predicted molar refractivity (Wildman–Crippen MR) is 82.0 cm³/mol. The van der Waals surface area contributed by atoms with Crippen molar-refractivity contribution in [3.63, 3.8) is 0 Å². The van der Waals surface area contributed by atoms with Crippen molar-refractivity contribution in [3.05, 3.63) is 23.3 Å². The average Bonchev–Trinajstić information content (AvgIpc) is 2.37. The molecule has 6 atom stereocenters. The first-order valence-electron chi connectivity index (χ1n) is 7.75. The summed E-state index contributed by atoms with van der Waals surface area (Å²) < 4.78 is 0. The Kier molecular flexibility index (Phi) is 2.70. The molecule has 2 bridgehead atoms. The molecule has 0 heterocycles.